The molecule has 0 unspecified atom stereocenters. The third-order valence-electron chi connectivity index (χ3n) is 7.79. The van der Waals surface area contributed by atoms with Crippen molar-refractivity contribution in [2.75, 3.05) is 38.2 Å². The molecule has 16 heteroatoms. The number of carbonyl (C=O) groups excluding carboxylic acids is 2. The second-order valence-electron chi connectivity index (χ2n) is 10.9. The fourth-order valence-electron chi connectivity index (χ4n) is 5.65. The van der Waals surface area contributed by atoms with Crippen molar-refractivity contribution in [1.29, 1.82) is 0 Å². The Morgan fingerprint density at radius 3 is 2.53 bits per heavy atom. The normalized spacial score (nSPS) is 22.1. The van der Waals surface area contributed by atoms with E-state index >= 15 is 0 Å². The van der Waals surface area contributed by atoms with Gasteiger partial charge in [0.1, 0.15) is 17.9 Å². The minimum Gasteiger partial charge on any atom is -0.504 e. The van der Waals surface area contributed by atoms with E-state index in [1.807, 2.05) is 0 Å². The fourth-order valence-corrected chi connectivity index (χ4v) is 7.60. The van der Waals surface area contributed by atoms with Crippen LogP contribution in [0.2, 0.25) is 0 Å². The summed E-state index contributed by atoms with van der Waals surface area (Å²) in [6.45, 7) is 2.42. The highest BCUT2D eigenvalue weighted by Gasteiger charge is 2.54. The number of thiazole rings is 1. The number of fused-ring (bicyclic) bond motifs is 1. The number of phenols is 2. The molecule has 2 aromatic rings. The van der Waals surface area contributed by atoms with E-state index in [2.05, 4.69) is 17.2 Å². The molecule has 0 radical (unpaired) electrons. The zero-order valence-corrected chi connectivity index (χ0v) is 24.6. The van der Waals surface area contributed by atoms with Crippen LogP contribution in [-0.2, 0) is 24.0 Å². The lowest BCUT2D eigenvalue weighted by Gasteiger charge is -2.50. The van der Waals surface area contributed by atoms with Crippen LogP contribution < -0.4 is 5.73 Å². The monoisotopic (exact) mass is 632 g/mol. The number of quaternary nitrogens is 1. The van der Waals surface area contributed by atoms with Gasteiger partial charge in [0.15, 0.2) is 28.1 Å². The number of amides is 1. The van der Waals surface area contributed by atoms with Crippen LogP contribution in [0.1, 0.15) is 36.6 Å². The molecule has 1 aromatic heterocycles. The first-order valence-corrected chi connectivity index (χ1v) is 15.3. The first-order chi connectivity index (χ1) is 20.4. The molecule has 0 aliphatic carbocycles. The Labute approximate surface area is 253 Å². The number of carboxylic acids is 2. The number of hydrogen-bond acceptors (Lipinski definition) is 12. The number of oxime groups is 1. The number of likely N-dealkylation sites (N-methyl/N-ethyl adjacent to an activating group) is 1. The number of anilines is 1. The highest BCUT2D eigenvalue weighted by Crippen LogP contribution is 2.46. The maximum atomic E-state index is 13.5. The minimum atomic E-state index is -1.76. The first kappa shape index (κ1) is 30.3. The number of nitrogens with zero attached hydrogens (tertiary/aromatic N) is 4. The summed E-state index contributed by atoms with van der Waals surface area (Å²) in [5.74, 6) is -5.31. The molecule has 1 aromatic carbocycles. The van der Waals surface area contributed by atoms with Crippen LogP contribution >= 0.6 is 23.1 Å². The number of thioether (sulfide) groups is 1. The molecular formula is C27H30N5O9S2+. The van der Waals surface area contributed by atoms with Crippen molar-refractivity contribution in [3.63, 3.8) is 0 Å². The van der Waals surface area contributed by atoms with Gasteiger partial charge in [-0.2, -0.15) is 0 Å². The smallest absolute Gasteiger partial charge is 0.352 e. The Morgan fingerprint density at radius 1 is 1.21 bits per heavy atom. The molecule has 6 N–H and O–H groups in total. The van der Waals surface area contributed by atoms with Gasteiger partial charge < -0.3 is 35.5 Å². The number of likely N-dealkylation sites (tertiary alicyclic amines) is 1. The van der Waals surface area contributed by atoms with Crippen molar-refractivity contribution in [3.8, 4) is 11.5 Å². The number of benzene rings is 1. The topological polar surface area (TPSA) is 213 Å². The van der Waals surface area contributed by atoms with Crippen molar-refractivity contribution in [2.45, 2.75) is 30.7 Å². The van der Waals surface area contributed by atoms with Gasteiger partial charge >= 0.3 is 11.9 Å². The molecule has 2 fully saturated rings. The SMILES string of the molecule is C[N+]1(CC2=C(C(=O)O)N3C(=O)[C@@H](CC(=O)/C(=N\O[C@H](C(=O)O)c4ccc(O)c(O)c4)c4csc(N)n4)[C@H]3SC2)CCCC1. The molecule has 3 aliphatic rings. The summed E-state index contributed by atoms with van der Waals surface area (Å²) >= 11 is 2.42. The summed E-state index contributed by atoms with van der Waals surface area (Å²) in [6, 6.07) is 3.28. The van der Waals surface area contributed by atoms with E-state index in [1.54, 1.807) is 0 Å². The van der Waals surface area contributed by atoms with E-state index in [0.29, 0.717) is 17.9 Å². The maximum Gasteiger partial charge on any atom is 0.352 e. The van der Waals surface area contributed by atoms with Crippen molar-refractivity contribution >= 4 is 57.6 Å². The second-order valence-corrected chi connectivity index (χ2v) is 12.9. The van der Waals surface area contributed by atoms with Gasteiger partial charge in [-0.3, -0.25) is 14.5 Å². The van der Waals surface area contributed by atoms with Crippen LogP contribution in [0.25, 0.3) is 0 Å². The molecule has 5 rings (SSSR count). The Kier molecular flexibility index (Phi) is 8.36. The standard InChI is InChI=1S/C27H29N5O9S2/c1-32(6-2-3-7-32)10-14-11-42-24-15(23(36)31(24)21(14)25(37)38)9-19(35)20(16-12-43-27(28)29-16)30-41-22(26(39)40)13-4-5-17(33)18(34)8-13/h4-5,8,12,15,22,24H,2-3,6-7,9-11H2,1H3,(H5-,28,29,30,33,34,35,37,38,39,40)/p+1/t15-,22+,24-/m1/s1. The molecule has 1 amide bonds. The zero-order chi connectivity index (χ0) is 31.1. The number of ketones is 1. The molecule has 4 heterocycles. The maximum absolute atomic E-state index is 13.5. The first-order valence-electron chi connectivity index (χ1n) is 13.3. The third-order valence-corrected chi connectivity index (χ3v) is 9.86. The van der Waals surface area contributed by atoms with Crippen LogP contribution in [0, 0.1) is 5.92 Å². The summed E-state index contributed by atoms with van der Waals surface area (Å²) in [6.07, 6.45) is 0.0252. The van der Waals surface area contributed by atoms with Crippen molar-refractivity contribution in [1.82, 2.24) is 9.88 Å². The lowest BCUT2D eigenvalue weighted by atomic mass is 9.89. The van der Waals surface area contributed by atoms with Crippen molar-refractivity contribution in [2.24, 2.45) is 11.1 Å². The van der Waals surface area contributed by atoms with Gasteiger partial charge in [0.25, 0.3) is 0 Å². The number of Topliss-reactive ketones (excluding diaryl/α,β-unsaturated/α-hetero) is 1. The number of phenolic OH excluding ortho intramolecular Hbond substituents is 2. The minimum absolute atomic E-state index is 0.0149. The second kappa shape index (κ2) is 11.9. The Morgan fingerprint density at radius 2 is 1.93 bits per heavy atom. The molecule has 0 saturated carbocycles. The molecule has 2 saturated heterocycles. The number of aromatic hydroxyl groups is 2. The average Bonchev–Trinajstić information content (AvgIpc) is 3.58. The molecule has 43 heavy (non-hydrogen) atoms. The van der Waals surface area contributed by atoms with Crippen molar-refractivity contribution < 1.29 is 48.9 Å². The van der Waals surface area contributed by atoms with E-state index in [1.165, 1.54) is 28.1 Å². The van der Waals surface area contributed by atoms with Gasteiger partial charge in [-0.1, -0.05) is 11.2 Å². The van der Waals surface area contributed by atoms with Gasteiger partial charge in [0.2, 0.25) is 12.0 Å². The number of nitrogen functional groups attached to an aromatic ring is 1. The fraction of sp³-hybridized carbons (Fsp3) is 0.407. The van der Waals surface area contributed by atoms with Crippen LogP contribution in [0.15, 0.2) is 40.0 Å². The van der Waals surface area contributed by atoms with Gasteiger partial charge in [-0.15, -0.1) is 23.1 Å². The van der Waals surface area contributed by atoms with E-state index in [-0.39, 0.29) is 34.2 Å². The van der Waals surface area contributed by atoms with Gasteiger partial charge in [-0.05, 0) is 12.1 Å². The molecule has 3 atom stereocenters. The van der Waals surface area contributed by atoms with Crippen molar-refractivity contribution in [3.05, 3.63) is 46.1 Å². The number of hydrogen-bond donors (Lipinski definition) is 5. The largest absolute Gasteiger partial charge is 0.504 e. The summed E-state index contributed by atoms with van der Waals surface area (Å²) in [7, 11) is 2.09. The summed E-state index contributed by atoms with van der Waals surface area (Å²) < 4.78 is 0.721. The van der Waals surface area contributed by atoms with E-state index in [0.717, 1.165) is 53.9 Å². The van der Waals surface area contributed by atoms with Gasteiger partial charge in [-0.25, -0.2) is 14.6 Å². The predicted octanol–water partition coefficient (Wildman–Crippen LogP) is 1.75. The summed E-state index contributed by atoms with van der Waals surface area (Å²) in [4.78, 5) is 61.6. The predicted molar refractivity (Wildman–Crippen MR) is 155 cm³/mol. The average molecular weight is 633 g/mol. The third kappa shape index (κ3) is 6.03. The quantitative estimate of drug-likeness (QED) is 0.0788. The van der Waals surface area contributed by atoms with Crippen LogP contribution in [-0.4, -0.2) is 102 Å². The van der Waals surface area contributed by atoms with Crippen LogP contribution in [0.5, 0.6) is 11.5 Å². The molecule has 228 valence electrons. The molecule has 14 nitrogen and oxygen atoms in total. The zero-order valence-electron chi connectivity index (χ0n) is 23.0. The number of rotatable bonds is 11. The number of aromatic nitrogens is 1. The highest BCUT2D eigenvalue weighted by molar-refractivity contribution is 8.00. The van der Waals surface area contributed by atoms with Crippen LogP contribution in [0.4, 0.5) is 5.13 Å². The molecule has 3 aliphatic heterocycles. The lowest BCUT2D eigenvalue weighted by molar-refractivity contribution is -0.893. The Balaban J connectivity index is 1.37. The number of β-lactam (4-membered cyclic amide) rings is 1. The van der Waals surface area contributed by atoms with E-state index in [9.17, 15) is 39.6 Å². The molecular weight excluding hydrogens is 602 g/mol. The van der Waals surface area contributed by atoms with Crippen LogP contribution in [0.3, 0.4) is 0 Å². The Hall–Kier alpha value is -4.15. The number of aliphatic carboxylic acids is 2. The number of carboxylic acid groups (broad SMARTS) is 2. The van der Waals surface area contributed by atoms with Gasteiger partial charge in [0, 0.05) is 41.5 Å². The lowest BCUT2D eigenvalue weighted by Crippen LogP contribution is -2.62. The summed E-state index contributed by atoms with van der Waals surface area (Å²) in [5.41, 5.74) is 6.01. The van der Waals surface area contributed by atoms with E-state index < -0.39 is 52.5 Å². The van der Waals surface area contributed by atoms with Gasteiger partial charge in [0.05, 0.1) is 31.4 Å². The Bertz CT molecular complexity index is 1550. The van der Waals surface area contributed by atoms with E-state index in [4.69, 9.17) is 10.6 Å². The number of carbonyl (C=O) groups is 4. The molecule has 0 bridgehead atoms. The highest BCUT2D eigenvalue weighted by atomic mass is 32.2. The number of nitrogens with two attached hydrogens (primary N) is 1. The summed E-state index contributed by atoms with van der Waals surface area (Å²) in [5, 5.41) is 43.9. The molecule has 0 spiro atoms.